The number of amides is 2. The summed E-state index contributed by atoms with van der Waals surface area (Å²) in [5, 5.41) is 5.91. The van der Waals surface area contributed by atoms with Crippen LogP contribution >= 0.6 is 11.6 Å². The lowest BCUT2D eigenvalue weighted by Crippen LogP contribution is -2.45. The van der Waals surface area contributed by atoms with Gasteiger partial charge in [-0.3, -0.25) is 14.5 Å². The molecule has 1 fully saturated rings. The van der Waals surface area contributed by atoms with Crippen LogP contribution in [-0.4, -0.2) is 56.7 Å². The van der Waals surface area contributed by atoms with E-state index in [2.05, 4.69) is 15.5 Å². The summed E-state index contributed by atoms with van der Waals surface area (Å²) in [6.07, 6.45) is 0. The minimum atomic E-state index is -0.726. The van der Waals surface area contributed by atoms with Gasteiger partial charge in [0.25, 0.3) is 0 Å². The molecule has 160 valence electrons. The van der Waals surface area contributed by atoms with Crippen LogP contribution in [0.5, 0.6) is 5.75 Å². The summed E-state index contributed by atoms with van der Waals surface area (Å²) in [5.41, 5.74) is 2.26. The van der Waals surface area contributed by atoms with E-state index in [9.17, 15) is 9.59 Å². The molecule has 2 aromatic rings. The molecule has 1 unspecified atom stereocenters. The minimum Gasteiger partial charge on any atom is -0.497 e. The fraction of sp³-hybridized carbons (Fsp3) is 0.364. The molecule has 1 heterocycles. The molecular weight excluding hydrogens is 406 g/mol. The third kappa shape index (κ3) is 5.50. The Labute approximate surface area is 181 Å². The second-order valence-electron chi connectivity index (χ2n) is 7.01. The van der Waals surface area contributed by atoms with Gasteiger partial charge in [-0.05, 0) is 42.3 Å². The van der Waals surface area contributed by atoms with Crippen LogP contribution < -0.4 is 15.4 Å². The molecule has 2 amide bonds. The average molecular weight is 432 g/mol. The molecule has 8 heteroatoms. The number of ether oxygens (including phenoxy) is 2. The topological polar surface area (TPSA) is 79.9 Å². The zero-order valence-electron chi connectivity index (χ0n) is 17.1. The van der Waals surface area contributed by atoms with Gasteiger partial charge in [-0.25, -0.2) is 0 Å². The molecule has 1 aliphatic heterocycles. The minimum absolute atomic E-state index is 0.0792. The number of hydrogen-bond donors (Lipinski definition) is 2. The number of carbonyl (C=O) groups is 2. The molecule has 30 heavy (non-hydrogen) atoms. The van der Waals surface area contributed by atoms with E-state index in [1.54, 1.807) is 32.2 Å². The van der Waals surface area contributed by atoms with Crippen LogP contribution in [0.15, 0.2) is 42.5 Å². The summed E-state index contributed by atoms with van der Waals surface area (Å²) in [4.78, 5) is 27.1. The van der Waals surface area contributed by atoms with E-state index in [1.165, 1.54) is 0 Å². The van der Waals surface area contributed by atoms with E-state index in [0.29, 0.717) is 36.0 Å². The van der Waals surface area contributed by atoms with E-state index in [4.69, 9.17) is 21.1 Å². The molecular formula is C22H26ClN3O4. The van der Waals surface area contributed by atoms with Crippen molar-refractivity contribution in [2.75, 3.05) is 45.3 Å². The maximum atomic E-state index is 12.4. The van der Waals surface area contributed by atoms with Crippen molar-refractivity contribution in [1.82, 2.24) is 10.2 Å². The predicted molar refractivity (Wildman–Crippen MR) is 116 cm³/mol. The Bertz CT molecular complexity index is 882. The third-order valence-electron chi connectivity index (χ3n) is 5.17. The van der Waals surface area contributed by atoms with Gasteiger partial charge < -0.3 is 20.1 Å². The second-order valence-corrected chi connectivity index (χ2v) is 7.42. The molecule has 1 atom stereocenters. The Kier molecular flexibility index (Phi) is 7.68. The molecule has 0 bridgehead atoms. The van der Waals surface area contributed by atoms with Gasteiger partial charge in [0.05, 0.1) is 26.4 Å². The number of methoxy groups -OCH3 is 1. The van der Waals surface area contributed by atoms with Crippen molar-refractivity contribution >= 4 is 29.1 Å². The van der Waals surface area contributed by atoms with E-state index in [-0.39, 0.29) is 6.04 Å². The number of carbonyl (C=O) groups excluding carboxylic acids is 2. The highest BCUT2D eigenvalue weighted by molar-refractivity contribution is 6.40. The summed E-state index contributed by atoms with van der Waals surface area (Å²) in [6, 6.07) is 12.8. The van der Waals surface area contributed by atoms with Crippen molar-refractivity contribution in [2.24, 2.45) is 0 Å². The number of nitrogens with zero attached hydrogens (tertiary/aromatic N) is 1. The smallest absolute Gasteiger partial charge is 0.313 e. The van der Waals surface area contributed by atoms with E-state index in [0.717, 1.165) is 24.4 Å². The molecule has 7 nitrogen and oxygen atoms in total. The summed E-state index contributed by atoms with van der Waals surface area (Å²) in [7, 11) is 1.62. The van der Waals surface area contributed by atoms with Crippen LogP contribution in [0.2, 0.25) is 5.02 Å². The first-order valence-corrected chi connectivity index (χ1v) is 10.2. The standard InChI is InChI=1S/C22H26ClN3O4/c1-15-18(23)4-3-5-19(15)25-22(28)21(27)24-14-20(26-10-12-30-13-11-26)16-6-8-17(29-2)9-7-16/h3-9,20H,10-14H2,1-2H3,(H,24,27)(H,25,28). The predicted octanol–water partition coefficient (Wildman–Crippen LogP) is 2.79. The van der Waals surface area contributed by atoms with Crippen LogP contribution in [0.3, 0.4) is 0 Å². The highest BCUT2D eigenvalue weighted by Crippen LogP contribution is 2.24. The molecule has 0 aromatic heterocycles. The number of morpholine rings is 1. The van der Waals surface area contributed by atoms with Gasteiger partial charge in [-0.1, -0.05) is 29.8 Å². The van der Waals surface area contributed by atoms with Crippen molar-refractivity contribution < 1.29 is 19.1 Å². The highest BCUT2D eigenvalue weighted by atomic mass is 35.5. The molecule has 0 aliphatic carbocycles. The summed E-state index contributed by atoms with van der Waals surface area (Å²) in [6.45, 7) is 4.85. The Balaban J connectivity index is 1.67. The summed E-state index contributed by atoms with van der Waals surface area (Å²) < 4.78 is 10.7. The second kappa shape index (κ2) is 10.4. The third-order valence-corrected chi connectivity index (χ3v) is 5.57. The maximum Gasteiger partial charge on any atom is 0.313 e. The number of benzene rings is 2. The first-order chi connectivity index (χ1) is 14.5. The van der Waals surface area contributed by atoms with Crippen LogP contribution in [0, 0.1) is 6.92 Å². The van der Waals surface area contributed by atoms with Crippen LogP contribution in [0.4, 0.5) is 5.69 Å². The summed E-state index contributed by atoms with van der Waals surface area (Å²) in [5.74, 6) is -0.656. The molecule has 0 spiro atoms. The first kappa shape index (κ1) is 22.1. The van der Waals surface area contributed by atoms with Crippen molar-refractivity contribution in [2.45, 2.75) is 13.0 Å². The lowest BCUT2D eigenvalue weighted by atomic mass is 10.0. The molecule has 1 saturated heterocycles. The zero-order chi connectivity index (χ0) is 21.5. The lowest BCUT2D eigenvalue weighted by Gasteiger charge is -2.35. The van der Waals surface area contributed by atoms with E-state index in [1.807, 2.05) is 24.3 Å². The largest absolute Gasteiger partial charge is 0.497 e. The van der Waals surface area contributed by atoms with Gasteiger partial charge in [0.2, 0.25) is 0 Å². The van der Waals surface area contributed by atoms with Crippen LogP contribution in [-0.2, 0) is 14.3 Å². The van der Waals surface area contributed by atoms with E-state index < -0.39 is 11.8 Å². The fourth-order valence-corrected chi connectivity index (χ4v) is 3.54. The zero-order valence-corrected chi connectivity index (χ0v) is 17.9. The molecule has 3 rings (SSSR count). The van der Waals surface area contributed by atoms with Gasteiger partial charge in [0.1, 0.15) is 5.75 Å². The van der Waals surface area contributed by atoms with Crippen molar-refractivity contribution in [3.63, 3.8) is 0 Å². The number of anilines is 1. The van der Waals surface area contributed by atoms with Crippen molar-refractivity contribution in [3.8, 4) is 5.75 Å². The molecule has 2 aromatic carbocycles. The van der Waals surface area contributed by atoms with Gasteiger partial charge in [0, 0.05) is 30.3 Å². The van der Waals surface area contributed by atoms with Crippen LogP contribution in [0.25, 0.3) is 0 Å². The van der Waals surface area contributed by atoms with Gasteiger partial charge in [0.15, 0.2) is 0 Å². The number of hydrogen-bond acceptors (Lipinski definition) is 5. The van der Waals surface area contributed by atoms with Gasteiger partial charge in [-0.2, -0.15) is 0 Å². The highest BCUT2D eigenvalue weighted by Gasteiger charge is 2.25. The average Bonchev–Trinajstić information content (AvgIpc) is 2.78. The van der Waals surface area contributed by atoms with Gasteiger partial charge >= 0.3 is 11.8 Å². The van der Waals surface area contributed by atoms with Crippen LogP contribution in [0.1, 0.15) is 17.2 Å². The quantitative estimate of drug-likeness (QED) is 0.687. The number of rotatable bonds is 6. The van der Waals surface area contributed by atoms with Crippen molar-refractivity contribution in [1.29, 1.82) is 0 Å². The molecule has 0 saturated carbocycles. The summed E-state index contributed by atoms with van der Waals surface area (Å²) >= 11 is 6.08. The molecule has 0 radical (unpaired) electrons. The number of nitrogens with one attached hydrogen (secondary N) is 2. The SMILES string of the molecule is COc1ccc(C(CNC(=O)C(=O)Nc2cccc(Cl)c2C)N2CCOCC2)cc1. The number of halogens is 1. The lowest BCUT2D eigenvalue weighted by molar-refractivity contribution is -0.136. The Morgan fingerprint density at radius 1 is 1.13 bits per heavy atom. The Morgan fingerprint density at radius 2 is 1.83 bits per heavy atom. The Morgan fingerprint density at radius 3 is 2.50 bits per heavy atom. The van der Waals surface area contributed by atoms with Crippen molar-refractivity contribution in [3.05, 3.63) is 58.6 Å². The fourth-order valence-electron chi connectivity index (χ4n) is 3.36. The van der Waals surface area contributed by atoms with E-state index >= 15 is 0 Å². The maximum absolute atomic E-state index is 12.4. The monoisotopic (exact) mass is 431 g/mol. The Hall–Kier alpha value is -2.61. The van der Waals surface area contributed by atoms with Gasteiger partial charge in [-0.15, -0.1) is 0 Å². The normalized spacial score (nSPS) is 15.3. The molecule has 2 N–H and O–H groups in total. The first-order valence-electron chi connectivity index (χ1n) is 9.79. The molecule has 1 aliphatic rings.